The van der Waals surface area contributed by atoms with E-state index in [-0.39, 0.29) is 24.6 Å². The molecule has 7 heteroatoms. The van der Waals surface area contributed by atoms with Crippen molar-refractivity contribution in [3.05, 3.63) is 35.1 Å². The normalized spacial score (nSPS) is 17.9. The fraction of sp³-hybridized carbons (Fsp3) is 0.500. The van der Waals surface area contributed by atoms with Gasteiger partial charge in [-0.2, -0.15) is 0 Å². The summed E-state index contributed by atoms with van der Waals surface area (Å²) in [6.45, 7) is 2.23. The zero-order chi connectivity index (χ0) is 13.1. The van der Waals surface area contributed by atoms with Gasteiger partial charge in [-0.25, -0.2) is 13.2 Å². The van der Waals surface area contributed by atoms with Crippen LogP contribution >= 0.6 is 12.4 Å². The molecule has 3 nitrogen and oxygen atoms in total. The number of aliphatic hydroxyl groups excluding tert-OH is 1. The number of halogens is 4. The Morgan fingerprint density at radius 2 is 1.84 bits per heavy atom. The van der Waals surface area contributed by atoms with E-state index < -0.39 is 23.5 Å². The first-order valence-corrected chi connectivity index (χ1v) is 5.83. The van der Waals surface area contributed by atoms with Crippen LogP contribution in [0.15, 0.2) is 12.1 Å². The summed E-state index contributed by atoms with van der Waals surface area (Å²) < 4.78 is 40.0. The van der Waals surface area contributed by atoms with Crippen LogP contribution in [0.2, 0.25) is 0 Å². The van der Waals surface area contributed by atoms with Crippen molar-refractivity contribution in [3.63, 3.8) is 0 Å². The quantitative estimate of drug-likeness (QED) is 0.829. The van der Waals surface area contributed by atoms with Crippen LogP contribution in [0.4, 0.5) is 13.2 Å². The number of rotatable bonds is 3. The molecule has 0 radical (unpaired) electrons. The Kier molecular flexibility index (Phi) is 6.06. The lowest BCUT2D eigenvalue weighted by atomic mass is 10.0. The van der Waals surface area contributed by atoms with E-state index in [0.717, 1.165) is 6.07 Å². The maximum absolute atomic E-state index is 13.7. The Hall–Kier alpha value is -0.820. The number of nitrogens with one attached hydrogen (secondary N) is 1. The molecular formula is C12H16ClF3N2O. The molecule has 0 unspecified atom stereocenters. The van der Waals surface area contributed by atoms with Crippen molar-refractivity contribution in [1.29, 1.82) is 0 Å². The number of hydrogen-bond donors (Lipinski definition) is 2. The lowest BCUT2D eigenvalue weighted by Gasteiger charge is -2.34. The highest BCUT2D eigenvalue weighted by Gasteiger charge is 2.26. The second kappa shape index (κ2) is 7.09. The minimum atomic E-state index is -1.22. The number of nitrogens with zero attached hydrogens (tertiary/aromatic N) is 1. The zero-order valence-electron chi connectivity index (χ0n) is 10.2. The zero-order valence-corrected chi connectivity index (χ0v) is 11.0. The SMILES string of the molecule is Cl.OC[C@@H](c1cc(F)cc(F)c1F)N1CCNCC1. The van der Waals surface area contributed by atoms with Gasteiger partial charge in [0.1, 0.15) is 5.82 Å². The van der Waals surface area contributed by atoms with E-state index in [2.05, 4.69) is 5.32 Å². The average Bonchev–Trinajstić information content (AvgIpc) is 2.37. The minimum Gasteiger partial charge on any atom is -0.394 e. The third-order valence-electron chi connectivity index (χ3n) is 3.15. The molecule has 1 heterocycles. The monoisotopic (exact) mass is 296 g/mol. The molecule has 0 bridgehead atoms. The lowest BCUT2D eigenvalue weighted by Crippen LogP contribution is -2.46. The maximum atomic E-state index is 13.7. The predicted octanol–water partition coefficient (Wildman–Crippen LogP) is 1.46. The summed E-state index contributed by atoms with van der Waals surface area (Å²) >= 11 is 0. The van der Waals surface area contributed by atoms with E-state index >= 15 is 0 Å². The van der Waals surface area contributed by atoms with Crippen LogP contribution in [0.1, 0.15) is 11.6 Å². The van der Waals surface area contributed by atoms with Gasteiger partial charge in [-0.3, -0.25) is 4.90 Å². The van der Waals surface area contributed by atoms with Crippen LogP contribution in [-0.2, 0) is 0 Å². The molecule has 0 aliphatic carbocycles. The van der Waals surface area contributed by atoms with Gasteiger partial charge < -0.3 is 10.4 Å². The van der Waals surface area contributed by atoms with Crippen LogP contribution < -0.4 is 5.32 Å². The van der Waals surface area contributed by atoms with E-state index in [9.17, 15) is 18.3 Å². The first-order chi connectivity index (χ1) is 8.63. The Balaban J connectivity index is 0.00000180. The largest absolute Gasteiger partial charge is 0.394 e. The molecule has 0 amide bonds. The highest BCUT2D eigenvalue weighted by Crippen LogP contribution is 2.25. The third-order valence-corrected chi connectivity index (χ3v) is 3.15. The first-order valence-electron chi connectivity index (χ1n) is 5.83. The molecule has 1 aromatic carbocycles. The van der Waals surface area contributed by atoms with Crippen molar-refractivity contribution >= 4 is 12.4 Å². The van der Waals surface area contributed by atoms with Crippen LogP contribution in [0.25, 0.3) is 0 Å². The summed E-state index contributed by atoms with van der Waals surface area (Å²) in [4.78, 5) is 1.81. The summed E-state index contributed by atoms with van der Waals surface area (Å²) in [7, 11) is 0. The summed E-state index contributed by atoms with van der Waals surface area (Å²) in [5, 5.41) is 12.5. The fourth-order valence-corrected chi connectivity index (χ4v) is 2.22. The molecule has 1 aliphatic heterocycles. The standard InChI is InChI=1S/C12H15F3N2O.ClH/c13-8-5-9(12(15)10(14)6-8)11(7-18)17-3-1-16-2-4-17;/h5-6,11,16,18H,1-4,7H2;1H/t11-;/m0./s1. The highest BCUT2D eigenvalue weighted by atomic mass is 35.5. The average molecular weight is 297 g/mol. The van der Waals surface area contributed by atoms with Crippen LogP contribution in [-0.4, -0.2) is 42.8 Å². The molecule has 0 saturated carbocycles. The van der Waals surface area contributed by atoms with E-state index in [1.807, 2.05) is 4.90 Å². The Bertz CT molecular complexity index is 428. The Labute approximate surface area is 115 Å². The van der Waals surface area contributed by atoms with Gasteiger partial charge >= 0.3 is 0 Å². The topological polar surface area (TPSA) is 35.5 Å². The predicted molar refractivity (Wildman–Crippen MR) is 67.8 cm³/mol. The van der Waals surface area contributed by atoms with Gasteiger partial charge in [0, 0.05) is 37.8 Å². The lowest BCUT2D eigenvalue weighted by molar-refractivity contribution is 0.107. The van der Waals surface area contributed by atoms with Gasteiger partial charge in [-0.05, 0) is 6.07 Å². The summed E-state index contributed by atoms with van der Waals surface area (Å²) in [5.41, 5.74) is -0.128. The van der Waals surface area contributed by atoms with Gasteiger partial charge in [0.2, 0.25) is 0 Å². The molecular weight excluding hydrogens is 281 g/mol. The third kappa shape index (κ3) is 3.60. The number of aliphatic hydroxyl groups is 1. The number of benzene rings is 1. The second-order valence-corrected chi connectivity index (χ2v) is 4.28. The van der Waals surface area contributed by atoms with Gasteiger partial charge in [-0.1, -0.05) is 0 Å². The van der Waals surface area contributed by atoms with Crippen LogP contribution in [0.5, 0.6) is 0 Å². The van der Waals surface area contributed by atoms with E-state index in [1.165, 1.54) is 0 Å². The number of hydrogen-bond acceptors (Lipinski definition) is 3. The first kappa shape index (κ1) is 16.2. The molecule has 0 aromatic heterocycles. The van der Waals surface area contributed by atoms with Gasteiger partial charge in [0.15, 0.2) is 11.6 Å². The molecule has 0 spiro atoms. The van der Waals surface area contributed by atoms with Gasteiger partial charge in [0.05, 0.1) is 12.6 Å². The molecule has 1 aromatic rings. The maximum Gasteiger partial charge on any atom is 0.163 e. The summed E-state index contributed by atoms with van der Waals surface area (Å²) in [5.74, 6) is -3.15. The Morgan fingerprint density at radius 3 is 2.42 bits per heavy atom. The van der Waals surface area contributed by atoms with E-state index in [1.54, 1.807) is 0 Å². The van der Waals surface area contributed by atoms with Crippen molar-refractivity contribution in [2.75, 3.05) is 32.8 Å². The molecule has 1 fully saturated rings. The molecule has 2 rings (SSSR count). The van der Waals surface area contributed by atoms with Crippen molar-refractivity contribution in [3.8, 4) is 0 Å². The van der Waals surface area contributed by atoms with Crippen LogP contribution in [0, 0.1) is 17.5 Å². The summed E-state index contributed by atoms with van der Waals surface area (Å²) in [6, 6.07) is 0.740. The molecule has 1 saturated heterocycles. The fourth-order valence-electron chi connectivity index (χ4n) is 2.22. The van der Waals surface area contributed by atoms with Crippen molar-refractivity contribution < 1.29 is 18.3 Å². The molecule has 1 aliphatic rings. The van der Waals surface area contributed by atoms with E-state index in [4.69, 9.17) is 0 Å². The number of piperazine rings is 1. The Morgan fingerprint density at radius 1 is 1.21 bits per heavy atom. The molecule has 2 N–H and O–H groups in total. The smallest absolute Gasteiger partial charge is 0.163 e. The molecule has 108 valence electrons. The van der Waals surface area contributed by atoms with Gasteiger partial charge in [0.25, 0.3) is 0 Å². The van der Waals surface area contributed by atoms with Crippen molar-refractivity contribution in [2.45, 2.75) is 6.04 Å². The van der Waals surface area contributed by atoms with Crippen molar-refractivity contribution in [1.82, 2.24) is 10.2 Å². The summed E-state index contributed by atoms with van der Waals surface area (Å²) in [6.07, 6.45) is 0. The van der Waals surface area contributed by atoms with Crippen molar-refractivity contribution in [2.24, 2.45) is 0 Å². The second-order valence-electron chi connectivity index (χ2n) is 4.28. The van der Waals surface area contributed by atoms with E-state index in [0.29, 0.717) is 32.2 Å². The van der Waals surface area contributed by atoms with Gasteiger partial charge in [-0.15, -0.1) is 12.4 Å². The molecule has 19 heavy (non-hydrogen) atoms. The van der Waals surface area contributed by atoms with Crippen LogP contribution in [0.3, 0.4) is 0 Å². The highest BCUT2D eigenvalue weighted by molar-refractivity contribution is 5.85. The minimum absolute atomic E-state index is 0. The molecule has 1 atom stereocenters.